The van der Waals surface area contributed by atoms with E-state index in [2.05, 4.69) is 5.32 Å². The quantitative estimate of drug-likeness (QED) is 0.630. The lowest BCUT2D eigenvalue weighted by Crippen LogP contribution is -2.46. The fourth-order valence-electron chi connectivity index (χ4n) is 4.02. The summed E-state index contributed by atoms with van der Waals surface area (Å²) in [6.45, 7) is 6.58. The van der Waals surface area contributed by atoms with Gasteiger partial charge in [-0.1, -0.05) is 20.8 Å². The predicted molar refractivity (Wildman–Crippen MR) is 72.1 cm³/mol. The van der Waals surface area contributed by atoms with E-state index in [0.717, 1.165) is 0 Å². The van der Waals surface area contributed by atoms with Gasteiger partial charge in [-0.15, -0.1) is 0 Å². The maximum Gasteiger partial charge on any atom is 0.523 e. The molecule has 0 unspecified atom stereocenters. The van der Waals surface area contributed by atoms with Gasteiger partial charge in [0.05, 0.1) is 5.60 Å². The molecule has 0 aromatic rings. The molecule has 22 heavy (non-hydrogen) atoms. The molecule has 2 rings (SSSR count). The van der Waals surface area contributed by atoms with Gasteiger partial charge < -0.3 is 5.32 Å². The number of fused-ring (bicyclic) bond motifs is 2. The van der Waals surface area contributed by atoms with Gasteiger partial charge in [0.25, 0.3) is 0 Å². The second-order valence-corrected chi connectivity index (χ2v) is 8.52. The fourth-order valence-corrected chi connectivity index (χ4v) is 4.90. The van der Waals surface area contributed by atoms with E-state index in [-0.39, 0.29) is 18.7 Å². The van der Waals surface area contributed by atoms with Gasteiger partial charge in [0.15, 0.2) is 0 Å². The Morgan fingerprint density at radius 3 is 2.23 bits per heavy atom. The highest BCUT2D eigenvalue weighted by Crippen LogP contribution is 2.69. The topological polar surface area (TPSA) is 72.5 Å². The first-order valence-electron chi connectivity index (χ1n) is 6.98. The van der Waals surface area contributed by atoms with Crippen LogP contribution in [0.1, 0.15) is 47.0 Å². The van der Waals surface area contributed by atoms with Crippen molar-refractivity contribution in [3.8, 4) is 0 Å². The van der Waals surface area contributed by atoms with Crippen LogP contribution in [0.25, 0.3) is 0 Å². The number of carbonyl (C=O) groups is 1. The lowest BCUT2D eigenvalue weighted by atomic mass is 9.68. The van der Waals surface area contributed by atoms with E-state index in [9.17, 15) is 26.4 Å². The smallest absolute Gasteiger partial charge is 0.353 e. The van der Waals surface area contributed by atoms with Crippen LogP contribution >= 0.6 is 0 Å². The number of halogens is 3. The Kier molecular flexibility index (Phi) is 3.66. The van der Waals surface area contributed by atoms with Gasteiger partial charge in [-0.3, -0.25) is 8.98 Å². The zero-order chi connectivity index (χ0) is 17.2. The first kappa shape index (κ1) is 17.5. The van der Waals surface area contributed by atoms with Crippen LogP contribution in [0.15, 0.2) is 0 Å². The molecule has 2 saturated carbocycles. The number of hydrogen-bond acceptors (Lipinski definition) is 4. The Morgan fingerprint density at radius 1 is 1.23 bits per heavy atom. The Morgan fingerprint density at radius 2 is 1.77 bits per heavy atom. The minimum Gasteiger partial charge on any atom is -0.353 e. The molecule has 0 aromatic heterocycles. The molecule has 2 fully saturated rings. The molecule has 1 N–H and O–H groups in total. The minimum absolute atomic E-state index is 0.0470. The van der Waals surface area contributed by atoms with Gasteiger partial charge in [-0.05, 0) is 24.7 Å². The largest absolute Gasteiger partial charge is 0.523 e. The van der Waals surface area contributed by atoms with Crippen molar-refractivity contribution in [1.82, 2.24) is 5.32 Å². The maximum absolute atomic E-state index is 12.7. The fraction of sp³-hybridized carbons (Fsp3) is 0.923. The molecule has 0 spiro atoms. The molecular weight excluding hydrogens is 323 g/mol. The van der Waals surface area contributed by atoms with E-state index in [0.29, 0.717) is 6.42 Å². The molecule has 2 aliphatic carbocycles. The third kappa shape index (κ3) is 2.16. The SMILES string of the molecule is CC(=O)N[C@H]1C[C@]2(OS(=O)(=O)C(F)(F)F)CC[C@@]1(C)C2(C)C. The molecular formula is C13H20F3NO4S. The van der Waals surface area contributed by atoms with Crippen molar-refractivity contribution in [1.29, 1.82) is 0 Å². The molecule has 2 bridgehead atoms. The number of hydrogen-bond donors (Lipinski definition) is 1. The van der Waals surface area contributed by atoms with Gasteiger partial charge in [-0.2, -0.15) is 21.6 Å². The monoisotopic (exact) mass is 343 g/mol. The van der Waals surface area contributed by atoms with Gasteiger partial charge in [0, 0.05) is 18.4 Å². The van der Waals surface area contributed by atoms with Crippen molar-refractivity contribution in [2.45, 2.75) is 64.1 Å². The van der Waals surface area contributed by atoms with Crippen LogP contribution < -0.4 is 5.32 Å². The highest BCUT2D eigenvalue weighted by Gasteiger charge is 2.73. The Bertz CT molecular complexity index is 601. The van der Waals surface area contributed by atoms with E-state index < -0.39 is 38.1 Å². The summed E-state index contributed by atoms with van der Waals surface area (Å²) in [7, 11) is -5.69. The molecule has 0 aromatic carbocycles. The molecule has 0 radical (unpaired) electrons. The van der Waals surface area contributed by atoms with Gasteiger partial charge in [0.1, 0.15) is 0 Å². The number of carbonyl (C=O) groups excluding carboxylic acids is 1. The minimum atomic E-state index is -5.69. The Hall–Kier alpha value is -0.830. The molecule has 3 atom stereocenters. The summed E-state index contributed by atoms with van der Waals surface area (Å²) in [6.07, 6.45) is 0.742. The van der Waals surface area contributed by atoms with Gasteiger partial charge in [-0.25, -0.2) is 0 Å². The first-order chi connectivity index (χ1) is 9.69. The second-order valence-electron chi connectivity index (χ2n) is 6.98. The van der Waals surface area contributed by atoms with Crippen molar-refractivity contribution in [2.24, 2.45) is 10.8 Å². The van der Waals surface area contributed by atoms with Gasteiger partial charge >= 0.3 is 15.6 Å². The summed E-state index contributed by atoms with van der Waals surface area (Å²) < 4.78 is 65.7. The molecule has 5 nitrogen and oxygen atoms in total. The first-order valence-corrected chi connectivity index (χ1v) is 8.38. The van der Waals surface area contributed by atoms with Crippen molar-refractivity contribution in [3.63, 3.8) is 0 Å². The third-order valence-corrected chi connectivity index (χ3v) is 6.95. The summed E-state index contributed by atoms with van der Waals surface area (Å²) in [6, 6.07) is -0.419. The van der Waals surface area contributed by atoms with Crippen molar-refractivity contribution in [2.75, 3.05) is 0 Å². The Labute approximate surface area is 127 Å². The summed E-state index contributed by atoms with van der Waals surface area (Å²) >= 11 is 0. The van der Waals surface area contributed by atoms with Crippen LogP contribution in [0.4, 0.5) is 13.2 Å². The summed E-state index contributed by atoms with van der Waals surface area (Å²) in [5.74, 6) is -0.302. The molecule has 0 aliphatic heterocycles. The molecule has 0 saturated heterocycles. The van der Waals surface area contributed by atoms with E-state index in [1.807, 2.05) is 6.92 Å². The zero-order valence-electron chi connectivity index (χ0n) is 12.9. The average Bonchev–Trinajstić information content (AvgIpc) is 2.56. The maximum atomic E-state index is 12.7. The molecule has 2 aliphatic rings. The summed E-state index contributed by atoms with van der Waals surface area (Å²) in [4.78, 5) is 11.3. The lowest BCUT2D eigenvalue weighted by molar-refractivity contribution is -0.120. The highest BCUT2D eigenvalue weighted by molar-refractivity contribution is 7.87. The number of alkyl halides is 3. The van der Waals surface area contributed by atoms with Crippen LogP contribution in [-0.4, -0.2) is 31.5 Å². The number of rotatable bonds is 3. The highest BCUT2D eigenvalue weighted by atomic mass is 32.2. The molecule has 128 valence electrons. The second kappa shape index (κ2) is 4.59. The lowest BCUT2D eigenvalue weighted by Gasteiger charge is -2.40. The predicted octanol–water partition coefficient (Wildman–Crippen LogP) is 2.33. The molecule has 1 amide bonds. The van der Waals surface area contributed by atoms with Crippen molar-refractivity contribution < 1.29 is 30.6 Å². The van der Waals surface area contributed by atoms with Crippen molar-refractivity contribution >= 4 is 16.0 Å². The third-order valence-electron chi connectivity index (χ3n) is 5.85. The van der Waals surface area contributed by atoms with Crippen molar-refractivity contribution in [3.05, 3.63) is 0 Å². The average molecular weight is 343 g/mol. The van der Waals surface area contributed by atoms with Gasteiger partial charge in [0.2, 0.25) is 5.91 Å². The van der Waals surface area contributed by atoms with Crippen LogP contribution in [0.5, 0.6) is 0 Å². The molecule has 0 heterocycles. The van der Waals surface area contributed by atoms with E-state index in [1.54, 1.807) is 13.8 Å². The van der Waals surface area contributed by atoms with Crippen LogP contribution in [0.3, 0.4) is 0 Å². The van der Waals surface area contributed by atoms with Crippen LogP contribution in [0.2, 0.25) is 0 Å². The number of amides is 1. The van der Waals surface area contributed by atoms with E-state index >= 15 is 0 Å². The van der Waals surface area contributed by atoms with Crippen LogP contribution in [-0.2, 0) is 19.1 Å². The standard InChI is InChI=1S/C13H20F3NO4S/c1-8(18)17-9-7-12(21-22(19,20)13(14,15)16)6-5-11(9,4)10(12,2)3/h9H,5-7H2,1-4H3,(H,17,18)/t9-,11+,12+/m0/s1. The number of nitrogens with one attached hydrogen (secondary N) is 1. The normalized spacial score (nSPS) is 37.3. The van der Waals surface area contributed by atoms with E-state index in [1.165, 1.54) is 6.92 Å². The van der Waals surface area contributed by atoms with E-state index in [4.69, 9.17) is 4.18 Å². The molecule has 9 heteroatoms. The Balaban J connectivity index is 2.41. The van der Waals surface area contributed by atoms with Crippen LogP contribution in [0, 0.1) is 10.8 Å². The zero-order valence-corrected chi connectivity index (χ0v) is 13.7. The summed E-state index contributed by atoms with van der Waals surface area (Å²) in [5.41, 5.74) is -8.27. The summed E-state index contributed by atoms with van der Waals surface area (Å²) in [5, 5.41) is 2.72.